The van der Waals surface area contributed by atoms with Crippen LogP contribution in [0, 0.1) is 0 Å². The maximum atomic E-state index is 10.5. The van der Waals surface area contributed by atoms with Crippen LogP contribution < -0.4 is 20.7 Å². The number of rotatable bonds is 8. The number of aliphatic hydroxyl groups excluding tert-OH is 1. The molecule has 7 nitrogen and oxygen atoms in total. The number of carbonyl (C=O) groups is 1. The second-order valence-electron chi connectivity index (χ2n) is 3.73. The van der Waals surface area contributed by atoms with Crippen molar-refractivity contribution in [1.82, 2.24) is 5.48 Å². The Morgan fingerprint density at radius 1 is 1.42 bits per heavy atom. The van der Waals surface area contributed by atoms with Crippen LogP contribution in [0.2, 0.25) is 0 Å². The number of hydroxylamine groups is 1. The molecule has 7 heteroatoms. The fraction of sp³-hybridized carbons (Fsp3) is 0.417. The van der Waals surface area contributed by atoms with Crippen LogP contribution in [0.5, 0.6) is 11.5 Å². The van der Waals surface area contributed by atoms with Crippen molar-refractivity contribution in [2.45, 2.75) is 6.10 Å². The van der Waals surface area contributed by atoms with Gasteiger partial charge in [-0.25, -0.2) is 0 Å². The van der Waals surface area contributed by atoms with E-state index >= 15 is 0 Å². The summed E-state index contributed by atoms with van der Waals surface area (Å²) in [5.41, 5.74) is 7.91. The topological polar surface area (TPSA) is 103 Å². The Labute approximate surface area is 111 Å². The smallest absolute Gasteiger partial charge is 0.245 e. The Morgan fingerprint density at radius 3 is 2.74 bits per heavy atom. The molecular formula is C12H18N2O5. The monoisotopic (exact) mass is 270 g/mol. The lowest BCUT2D eigenvalue weighted by Crippen LogP contribution is -2.28. The molecule has 0 heterocycles. The van der Waals surface area contributed by atoms with Crippen molar-refractivity contribution in [1.29, 1.82) is 0 Å². The van der Waals surface area contributed by atoms with E-state index < -0.39 is 12.0 Å². The van der Waals surface area contributed by atoms with E-state index in [4.69, 9.17) is 20.0 Å². The Bertz CT molecular complexity index is 425. The number of primary amides is 1. The maximum absolute atomic E-state index is 10.5. The highest BCUT2D eigenvalue weighted by molar-refractivity contribution is 5.74. The standard InChI is InChI=1S/C12H18N2O5/c1-17-8-3-4-11(18-2)9(5-8)10(15)6-14-19-7-12(13)16/h3-5,10,14-15H,6-7H2,1-2H3,(H2,13,16). The van der Waals surface area contributed by atoms with Crippen molar-refractivity contribution in [3.8, 4) is 11.5 Å². The van der Waals surface area contributed by atoms with Gasteiger partial charge in [-0.3, -0.25) is 9.63 Å². The fourth-order valence-electron chi connectivity index (χ4n) is 1.47. The van der Waals surface area contributed by atoms with Gasteiger partial charge in [0.2, 0.25) is 5.91 Å². The van der Waals surface area contributed by atoms with Gasteiger partial charge < -0.3 is 20.3 Å². The molecule has 0 saturated carbocycles. The number of nitrogens with two attached hydrogens (primary N) is 1. The van der Waals surface area contributed by atoms with Gasteiger partial charge in [-0.2, -0.15) is 5.48 Å². The Kier molecular flexibility index (Phi) is 6.07. The van der Waals surface area contributed by atoms with Crippen LogP contribution in [0.25, 0.3) is 0 Å². The van der Waals surface area contributed by atoms with E-state index in [9.17, 15) is 9.90 Å². The Hall–Kier alpha value is -1.83. The van der Waals surface area contributed by atoms with Crippen molar-refractivity contribution in [3.05, 3.63) is 23.8 Å². The zero-order valence-electron chi connectivity index (χ0n) is 10.9. The van der Waals surface area contributed by atoms with Crippen LogP contribution in [0.3, 0.4) is 0 Å². The number of methoxy groups -OCH3 is 2. The molecule has 0 bridgehead atoms. The van der Waals surface area contributed by atoms with Gasteiger partial charge in [0.05, 0.1) is 26.9 Å². The van der Waals surface area contributed by atoms with E-state index in [1.807, 2.05) is 0 Å². The highest BCUT2D eigenvalue weighted by Gasteiger charge is 2.14. The largest absolute Gasteiger partial charge is 0.497 e. The molecule has 0 aliphatic heterocycles. The van der Waals surface area contributed by atoms with Gasteiger partial charge in [0.1, 0.15) is 18.1 Å². The summed E-state index contributed by atoms with van der Waals surface area (Å²) >= 11 is 0. The van der Waals surface area contributed by atoms with Crippen LogP contribution in [-0.4, -0.2) is 38.4 Å². The van der Waals surface area contributed by atoms with Crippen molar-refractivity contribution < 1.29 is 24.2 Å². The average Bonchev–Trinajstić information content (AvgIpc) is 2.42. The van der Waals surface area contributed by atoms with E-state index in [1.165, 1.54) is 14.2 Å². The first-order chi connectivity index (χ1) is 9.08. The first-order valence-corrected chi connectivity index (χ1v) is 5.61. The lowest BCUT2D eigenvalue weighted by atomic mass is 10.1. The fourth-order valence-corrected chi connectivity index (χ4v) is 1.47. The van der Waals surface area contributed by atoms with E-state index in [2.05, 4.69) is 5.48 Å². The summed E-state index contributed by atoms with van der Waals surface area (Å²) in [5.74, 6) is 0.541. The lowest BCUT2D eigenvalue weighted by Gasteiger charge is -2.16. The molecule has 1 amide bonds. The molecule has 0 spiro atoms. The molecule has 0 saturated heterocycles. The molecule has 1 unspecified atom stereocenters. The molecule has 0 radical (unpaired) electrons. The van der Waals surface area contributed by atoms with Crippen LogP contribution in [-0.2, 0) is 9.63 Å². The second kappa shape index (κ2) is 7.57. The van der Waals surface area contributed by atoms with E-state index in [0.29, 0.717) is 17.1 Å². The minimum atomic E-state index is -0.877. The molecule has 106 valence electrons. The molecule has 19 heavy (non-hydrogen) atoms. The van der Waals surface area contributed by atoms with Crippen molar-refractivity contribution in [2.24, 2.45) is 5.73 Å². The number of carbonyl (C=O) groups excluding carboxylic acids is 1. The summed E-state index contributed by atoms with van der Waals surface area (Å²) in [4.78, 5) is 15.2. The quantitative estimate of drug-likeness (QED) is 0.444. The van der Waals surface area contributed by atoms with Crippen molar-refractivity contribution in [3.63, 3.8) is 0 Å². The third kappa shape index (κ3) is 4.74. The van der Waals surface area contributed by atoms with E-state index in [0.717, 1.165) is 0 Å². The number of aliphatic hydroxyl groups is 1. The summed E-state index contributed by atoms with van der Waals surface area (Å²) in [7, 11) is 3.04. The molecule has 0 fully saturated rings. The van der Waals surface area contributed by atoms with Gasteiger partial charge in [0.25, 0.3) is 0 Å². The summed E-state index contributed by atoms with van der Waals surface area (Å²) in [6.07, 6.45) is -0.877. The highest BCUT2D eigenvalue weighted by atomic mass is 16.6. The number of hydrogen-bond acceptors (Lipinski definition) is 6. The zero-order chi connectivity index (χ0) is 14.3. The Morgan fingerprint density at radius 2 is 2.16 bits per heavy atom. The molecule has 1 aromatic rings. The van der Waals surface area contributed by atoms with Crippen LogP contribution >= 0.6 is 0 Å². The number of nitrogens with one attached hydrogen (secondary N) is 1. The molecule has 4 N–H and O–H groups in total. The SMILES string of the molecule is COc1ccc(OC)c(C(O)CNOCC(N)=O)c1. The summed E-state index contributed by atoms with van der Waals surface area (Å²) in [6.45, 7) is -0.182. The number of amides is 1. The van der Waals surface area contributed by atoms with E-state index in [-0.39, 0.29) is 13.2 Å². The average molecular weight is 270 g/mol. The summed E-state index contributed by atoms with van der Waals surface area (Å²) in [5, 5.41) is 10.0. The number of hydrogen-bond donors (Lipinski definition) is 3. The van der Waals surface area contributed by atoms with Crippen LogP contribution in [0.1, 0.15) is 11.7 Å². The molecule has 0 aliphatic rings. The van der Waals surface area contributed by atoms with Crippen molar-refractivity contribution >= 4 is 5.91 Å². The molecule has 0 aliphatic carbocycles. The highest BCUT2D eigenvalue weighted by Crippen LogP contribution is 2.28. The normalized spacial score (nSPS) is 11.9. The zero-order valence-corrected chi connectivity index (χ0v) is 10.9. The minimum Gasteiger partial charge on any atom is -0.497 e. The third-order valence-electron chi connectivity index (χ3n) is 2.39. The van der Waals surface area contributed by atoms with Gasteiger partial charge in [-0.05, 0) is 18.2 Å². The van der Waals surface area contributed by atoms with Crippen LogP contribution in [0.15, 0.2) is 18.2 Å². The molecule has 0 aromatic heterocycles. The molecule has 1 atom stereocenters. The lowest BCUT2D eigenvalue weighted by molar-refractivity contribution is -0.125. The number of benzene rings is 1. The second-order valence-corrected chi connectivity index (χ2v) is 3.73. The predicted octanol–water partition coefficient (Wildman–Crippen LogP) is -0.256. The third-order valence-corrected chi connectivity index (χ3v) is 2.39. The van der Waals surface area contributed by atoms with E-state index in [1.54, 1.807) is 18.2 Å². The molecule has 1 aromatic carbocycles. The molecular weight excluding hydrogens is 252 g/mol. The summed E-state index contributed by atoms with van der Waals surface area (Å²) < 4.78 is 10.2. The summed E-state index contributed by atoms with van der Waals surface area (Å²) in [6, 6.07) is 5.09. The van der Waals surface area contributed by atoms with Gasteiger partial charge >= 0.3 is 0 Å². The van der Waals surface area contributed by atoms with Gasteiger partial charge in [0, 0.05) is 5.56 Å². The maximum Gasteiger partial charge on any atom is 0.245 e. The molecule has 1 rings (SSSR count). The van der Waals surface area contributed by atoms with Crippen molar-refractivity contribution in [2.75, 3.05) is 27.4 Å². The number of ether oxygens (including phenoxy) is 2. The van der Waals surface area contributed by atoms with Gasteiger partial charge in [-0.15, -0.1) is 0 Å². The predicted molar refractivity (Wildman–Crippen MR) is 67.7 cm³/mol. The van der Waals surface area contributed by atoms with Gasteiger partial charge in [-0.1, -0.05) is 0 Å². The Balaban J connectivity index is 2.63. The minimum absolute atomic E-state index is 0.0802. The first kappa shape index (κ1) is 15.2. The van der Waals surface area contributed by atoms with Crippen LogP contribution in [0.4, 0.5) is 0 Å². The first-order valence-electron chi connectivity index (χ1n) is 5.61. The van der Waals surface area contributed by atoms with Gasteiger partial charge in [0.15, 0.2) is 0 Å².